The largest absolute Gasteiger partial charge is 0.432 e. The van der Waals surface area contributed by atoms with Crippen molar-refractivity contribution < 1.29 is 22.8 Å². The maximum Gasteiger partial charge on any atom is 0.432 e. The molecule has 2 heterocycles. The lowest BCUT2D eigenvalue weighted by atomic mass is 10.1. The second-order valence-corrected chi connectivity index (χ2v) is 4.72. The normalized spacial score (nSPS) is 19.5. The van der Waals surface area contributed by atoms with Gasteiger partial charge in [-0.15, -0.1) is 0 Å². The van der Waals surface area contributed by atoms with E-state index in [-0.39, 0.29) is 24.1 Å². The molecule has 20 heavy (non-hydrogen) atoms. The lowest BCUT2D eigenvalue weighted by molar-refractivity contribution is -0.141. The summed E-state index contributed by atoms with van der Waals surface area (Å²) in [6.07, 6.45) is -4.24. The number of nitrogens with one attached hydrogen (secondary N) is 2. The van der Waals surface area contributed by atoms with Crippen LogP contribution in [-0.2, 0) is 11.0 Å². The Morgan fingerprint density at radius 1 is 1.60 bits per heavy atom. The highest BCUT2D eigenvalue weighted by atomic mass is 19.4. The molecule has 0 aliphatic carbocycles. The second-order valence-electron chi connectivity index (χ2n) is 4.72. The van der Waals surface area contributed by atoms with Gasteiger partial charge in [0.2, 0.25) is 5.91 Å². The summed E-state index contributed by atoms with van der Waals surface area (Å²) in [5, 5.41) is 7.57. The SMILES string of the molecule is CN1C[C@H](CNC(=O)c2cc(C(F)(F)F)[nH]n2)CC1=O. The Hall–Kier alpha value is -2.06. The topological polar surface area (TPSA) is 78.1 Å². The number of halogens is 3. The number of alkyl halides is 3. The Morgan fingerprint density at radius 3 is 2.80 bits per heavy atom. The first-order chi connectivity index (χ1) is 9.27. The van der Waals surface area contributed by atoms with Crippen molar-refractivity contribution >= 4 is 11.8 Å². The number of nitrogens with zero attached hydrogens (tertiary/aromatic N) is 2. The molecule has 1 aliphatic heterocycles. The van der Waals surface area contributed by atoms with E-state index in [2.05, 4.69) is 10.4 Å². The second kappa shape index (κ2) is 5.14. The quantitative estimate of drug-likeness (QED) is 0.857. The van der Waals surface area contributed by atoms with Gasteiger partial charge in [0, 0.05) is 38.5 Å². The van der Waals surface area contributed by atoms with Crippen LogP contribution in [0.4, 0.5) is 13.2 Å². The molecule has 2 rings (SSSR count). The zero-order valence-electron chi connectivity index (χ0n) is 10.6. The molecule has 0 saturated carbocycles. The van der Waals surface area contributed by atoms with Crippen LogP contribution < -0.4 is 5.32 Å². The molecule has 1 aromatic heterocycles. The molecule has 0 radical (unpaired) electrons. The lowest BCUT2D eigenvalue weighted by Gasteiger charge is -2.10. The summed E-state index contributed by atoms with van der Waals surface area (Å²) in [5.41, 5.74) is -1.39. The average molecular weight is 290 g/mol. The number of carbonyl (C=O) groups is 2. The van der Waals surface area contributed by atoms with Gasteiger partial charge in [0.15, 0.2) is 5.69 Å². The van der Waals surface area contributed by atoms with E-state index in [4.69, 9.17) is 0 Å². The summed E-state index contributed by atoms with van der Waals surface area (Å²) in [5.74, 6) is -0.736. The number of hydrogen-bond acceptors (Lipinski definition) is 3. The highest BCUT2D eigenvalue weighted by Crippen LogP contribution is 2.27. The van der Waals surface area contributed by atoms with E-state index in [0.29, 0.717) is 19.0 Å². The summed E-state index contributed by atoms with van der Waals surface area (Å²) in [7, 11) is 1.66. The van der Waals surface area contributed by atoms with Crippen molar-refractivity contribution in [1.82, 2.24) is 20.4 Å². The van der Waals surface area contributed by atoms with Crippen LogP contribution in [0.25, 0.3) is 0 Å². The fourth-order valence-electron chi connectivity index (χ4n) is 2.00. The van der Waals surface area contributed by atoms with Gasteiger partial charge in [0.25, 0.3) is 5.91 Å². The number of hydrogen-bond donors (Lipinski definition) is 2. The van der Waals surface area contributed by atoms with E-state index in [1.165, 1.54) is 0 Å². The maximum absolute atomic E-state index is 12.3. The molecule has 1 atom stereocenters. The van der Waals surface area contributed by atoms with Crippen molar-refractivity contribution in [2.45, 2.75) is 12.6 Å². The summed E-state index contributed by atoms with van der Waals surface area (Å²) in [6, 6.07) is 0.654. The molecule has 2 amide bonds. The Bertz CT molecular complexity index is 526. The van der Waals surface area contributed by atoms with Crippen LogP contribution in [0.1, 0.15) is 22.6 Å². The van der Waals surface area contributed by atoms with Crippen LogP contribution >= 0.6 is 0 Å². The van der Waals surface area contributed by atoms with Gasteiger partial charge in [-0.05, 0) is 0 Å². The van der Waals surface area contributed by atoms with Crippen molar-refractivity contribution in [3.05, 3.63) is 17.5 Å². The minimum Gasteiger partial charge on any atom is -0.350 e. The highest BCUT2D eigenvalue weighted by Gasteiger charge is 2.34. The smallest absolute Gasteiger partial charge is 0.350 e. The van der Waals surface area contributed by atoms with Gasteiger partial charge in [0.1, 0.15) is 5.69 Å². The molecule has 9 heteroatoms. The number of likely N-dealkylation sites (tertiary alicyclic amines) is 1. The zero-order chi connectivity index (χ0) is 14.9. The lowest BCUT2D eigenvalue weighted by Crippen LogP contribution is -2.30. The molecule has 110 valence electrons. The molecule has 0 spiro atoms. The Kier molecular flexibility index (Phi) is 3.69. The molecule has 1 aliphatic rings. The minimum absolute atomic E-state index is 0.0108. The van der Waals surface area contributed by atoms with E-state index in [0.717, 1.165) is 0 Å². The number of carbonyl (C=O) groups excluding carboxylic acids is 2. The van der Waals surface area contributed by atoms with Gasteiger partial charge in [-0.3, -0.25) is 14.7 Å². The van der Waals surface area contributed by atoms with E-state index in [1.807, 2.05) is 0 Å². The van der Waals surface area contributed by atoms with Crippen LogP contribution in [0.15, 0.2) is 6.07 Å². The van der Waals surface area contributed by atoms with Gasteiger partial charge in [-0.2, -0.15) is 18.3 Å². The standard InChI is InChI=1S/C11H13F3N4O2/c1-18-5-6(2-9(18)19)4-15-10(20)7-3-8(17-16-7)11(12,13)14/h3,6H,2,4-5H2,1H3,(H,15,20)(H,16,17)/t6-/m0/s1. The van der Waals surface area contributed by atoms with Crippen molar-refractivity contribution in [3.8, 4) is 0 Å². The van der Waals surface area contributed by atoms with Crippen LogP contribution in [-0.4, -0.2) is 47.0 Å². The summed E-state index contributed by atoms with van der Waals surface area (Å²) >= 11 is 0. The molecule has 1 saturated heterocycles. The third-order valence-corrected chi connectivity index (χ3v) is 3.09. The van der Waals surface area contributed by atoms with Gasteiger partial charge in [-0.25, -0.2) is 0 Å². The van der Waals surface area contributed by atoms with E-state index in [1.54, 1.807) is 17.0 Å². The van der Waals surface area contributed by atoms with Crippen molar-refractivity contribution in [3.63, 3.8) is 0 Å². The predicted molar refractivity (Wildman–Crippen MR) is 61.7 cm³/mol. The van der Waals surface area contributed by atoms with Gasteiger partial charge >= 0.3 is 6.18 Å². The Balaban J connectivity index is 1.89. The molecule has 0 bridgehead atoms. The average Bonchev–Trinajstić information content (AvgIpc) is 2.94. The number of amides is 2. The fraction of sp³-hybridized carbons (Fsp3) is 0.545. The molecule has 0 aromatic carbocycles. The minimum atomic E-state index is -4.56. The fourth-order valence-corrected chi connectivity index (χ4v) is 2.00. The molecular formula is C11H13F3N4O2. The number of H-pyrrole nitrogens is 1. The molecular weight excluding hydrogens is 277 g/mol. The highest BCUT2D eigenvalue weighted by molar-refractivity contribution is 5.92. The van der Waals surface area contributed by atoms with Gasteiger partial charge < -0.3 is 10.2 Å². The first-order valence-electron chi connectivity index (χ1n) is 5.92. The monoisotopic (exact) mass is 290 g/mol. The Labute approximate surface area is 112 Å². The van der Waals surface area contributed by atoms with E-state index in [9.17, 15) is 22.8 Å². The third kappa shape index (κ3) is 3.09. The predicted octanol–water partition coefficient (Wildman–Crippen LogP) is 0.637. The van der Waals surface area contributed by atoms with Crippen LogP contribution in [0.3, 0.4) is 0 Å². The van der Waals surface area contributed by atoms with Crippen molar-refractivity contribution in [2.24, 2.45) is 5.92 Å². The maximum atomic E-state index is 12.3. The van der Waals surface area contributed by atoms with Crippen LogP contribution in [0, 0.1) is 5.92 Å². The number of aromatic nitrogens is 2. The summed E-state index contributed by atoms with van der Waals surface area (Å²) in [4.78, 5) is 24.5. The number of rotatable bonds is 3. The molecule has 2 N–H and O–H groups in total. The molecule has 6 nitrogen and oxygen atoms in total. The van der Waals surface area contributed by atoms with E-state index < -0.39 is 17.8 Å². The first kappa shape index (κ1) is 14.4. The van der Waals surface area contributed by atoms with Crippen molar-refractivity contribution in [1.29, 1.82) is 0 Å². The molecule has 0 unspecified atom stereocenters. The third-order valence-electron chi connectivity index (χ3n) is 3.09. The first-order valence-corrected chi connectivity index (χ1v) is 5.92. The zero-order valence-corrected chi connectivity index (χ0v) is 10.6. The number of aromatic amines is 1. The molecule has 1 fully saturated rings. The summed E-state index contributed by atoms with van der Waals surface area (Å²) in [6.45, 7) is 0.747. The molecule has 1 aromatic rings. The summed E-state index contributed by atoms with van der Waals surface area (Å²) < 4.78 is 37.0. The van der Waals surface area contributed by atoms with Gasteiger partial charge in [0.05, 0.1) is 0 Å². The van der Waals surface area contributed by atoms with Crippen LogP contribution in [0.2, 0.25) is 0 Å². The van der Waals surface area contributed by atoms with E-state index >= 15 is 0 Å². The Morgan fingerprint density at radius 2 is 2.30 bits per heavy atom. The van der Waals surface area contributed by atoms with Crippen molar-refractivity contribution in [2.75, 3.05) is 20.1 Å². The van der Waals surface area contributed by atoms with Crippen LogP contribution in [0.5, 0.6) is 0 Å². The van der Waals surface area contributed by atoms with Gasteiger partial charge in [-0.1, -0.05) is 0 Å².